The van der Waals surface area contributed by atoms with Crippen LogP contribution in [0.25, 0.3) is 0 Å². The molecule has 44 valence electrons. The smallest absolute Gasteiger partial charge is 0.0741 e. The van der Waals surface area contributed by atoms with E-state index in [1.54, 1.807) is 0 Å². The molecule has 2 atom stereocenters. The molecule has 1 saturated heterocycles. The van der Waals surface area contributed by atoms with Crippen molar-refractivity contribution in [2.75, 3.05) is 6.54 Å². The van der Waals surface area contributed by atoms with Crippen LogP contribution in [0.2, 0.25) is 0 Å². The Balaban J connectivity index is 2.45. The number of hydrogen-bond acceptors (Lipinski definition) is 1. The zero-order chi connectivity index (χ0) is 5.98. The van der Waals surface area contributed by atoms with E-state index < -0.39 is 0 Å². The predicted octanol–water partition coefficient (Wildman–Crippen LogP) is 0.874. The minimum Gasteiger partial charge on any atom is -0.273 e. The summed E-state index contributed by atoms with van der Waals surface area (Å²) in [6, 6.07) is 0.389. The molecule has 0 bridgehead atoms. The molecule has 0 N–H and O–H groups in total. The van der Waals surface area contributed by atoms with Crippen molar-refractivity contribution in [1.82, 2.24) is 4.67 Å². The minimum atomic E-state index is 0.389. The van der Waals surface area contributed by atoms with E-state index in [4.69, 9.17) is 6.42 Å². The van der Waals surface area contributed by atoms with Crippen LogP contribution in [0.1, 0.15) is 12.8 Å². The SMILES string of the molecule is C#CC1CCCN1P. The Kier molecular flexibility index (Phi) is 1.89. The van der Waals surface area contributed by atoms with Gasteiger partial charge in [-0.1, -0.05) is 15.3 Å². The first-order chi connectivity index (χ1) is 3.84. The lowest BCUT2D eigenvalue weighted by molar-refractivity contribution is 0.517. The van der Waals surface area contributed by atoms with E-state index in [0.29, 0.717) is 6.04 Å². The minimum absolute atomic E-state index is 0.389. The van der Waals surface area contributed by atoms with Crippen molar-refractivity contribution >= 4 is 9.39 Å². The first kappa shape index (κ1) is 6.08. The molecule has 1 aliphatic rings. The maximum atomic E-state index is 5.22. The van der Waals surface area contributed by atoms with E-state index in [9.17, 15) is 0 Å². The van der Waals surface area contributed by atoms with E-state index in [1.165, 1.54) is 12.8 Å². The van der Waals surface area contributed by atoms with E-state index in [0.717, 1.165) is 6.54 Å². The van der Waals surface area contributed by atoms with Crippen LogP contribution < -0.4 is 0 Å². The van der Waals surface area contributed by atoms with Crippen LogP contribution in [0.5, 0.6) is 0 Å². The Morgan fingerprint density at radius 2 is 2.50 bits per heavy atom. The zero-order valence-electron chi connectivity index (χ0n) is 4.80. The van der Waals surface area contributed by atoms with Gasteiger partial charge in [0.25, 0.3) is 0 Å². The summed E-state index contributed by atoms with van der Waals surface area (Å²) in [5.74, 6) is 2.72. The summed E-state index contributed by atoms with van der Waals surface area (Å²) < 4.78 is 2.14. The van der Waals surface area contributed by atoms with Gasteiger partial charge in [0.05, 0.1) is 6.04 Å². The van der Waals surface area contributed by atoms with Gasteiger partial charge in [-0.25, -0.2) is 0 Å². The normalized spacial score (nSPS) is 30.2. The predicted molar refractivity (Wildman–Crippen MR) is 38.3 cm³/mol. The van der Waals surface area contributed by atoms with Gasteiger partial charge in [-0.2, -0.15) is 0 Å². The third-order valence-electron chi connectivity index (χ3n) is 1.49. The van der Waals surface area contributed by atoms with Crippen LogP contribution in [0, 0.1) is 12.3 Å². The molecule has 1 nitrogen and oxygen atoms in total. The van der Waals surface area contributed by atoms with Gasteiger partial charge in [-0.15, -0.1) is 6.42 Å². The van der Waals surface area contributed by atoms with Gasteiger partial charge in [-0.05, 0) is 12.8 Å². The monoisotopic (exact) mass is 127 g/mol. The Morgan fingerprint density at radius 1 is 1.75 bits per heavy atom. The molecule has 0 amide bonds. The van der Waals surface area contributed by atoms with Gasteiger partial charge in [0.1, 0.15) is 0 Å². The summed E-state index contributed by atoms with van der Waals surface area (Å²) in [6.45, 7) is 1.14. The molecule has 0 aromatic carbocycles. The summed E-state index contributed by atoms with van der Waals surface area (Å²) in [5, 5.41) is 0. The second kappa shape index (κ2) is 2.49. The molecule has 1 aliphatic heterocycles. The highest BCUT2D eigenvalue weighted by Gasteiger charge is 2.17. The lowest BCUT2D eigenvalue weighted by atomic mass is 10.2. The first-order valence-corrected chi connectivity index (χ1v) is 3.33. The number of nitrogens with zero attached hydrogens (tertiary/aromatic N) is 1. The fraction of sp³-hybridized carbons (Fsp3) is 0.667. The van der Waals surface area contributed by atoms with Crippen LogP contribution in [0.4, 0.5) is 0 Å². The molecule has 0 saturated carbocycles. The Labute approximate surface area is 52.7 Å². The molecule has 2 unspecified atom stereocenters. The lowest BCUT2D eigenvalue weighted by Crippen LogP contribution is -2.15. The van der Waals surface area contributed by atoms with Crippen LogP contribution in [-0.4, -0.2) is 17.3 Å². The Hall–Kier alpha value is -0.0500. The molecule has 0 spiro atoms. The van der Waals surface area contributed by atoms with Crippen molar-refractivity contribution in [3.05, 3.63) is 0 Å². The van der Waals surface area contributed by atoms with Crippen molar-refractivity contribution in [2.24, 2.45) is 0 Å². The second-order valence-corrected chi connectivity index (χ2v) is 2.73. The van der Waals surface area contributed by atoms with Crippen LogP contribution in [-0.2, 0) is 0 Å². The van der Waals surface area contributed by atoms with Gasteiger partial charge in [0, 0.05) is 6.54 Å². The van der Waals surface area contributed by atoms with Crippen LogP contribution in [0.15, 0.2) is 0 Å². The highest BCUT2D eigenvalue weighted by atomic mass is 31.0. The van der Waals surface area contributed by atoms with E-state index >= 15 is 0 Å². The average Bonchev–Trinajstić information content (AvgIpc) is 2.14. The van der Waals surface area contributed by atoms with Crippen molar-refractivity contribution < 1.29 is 0 Å². The maximum Gasteiger partial charge on any atom is 0.0741 e. The first-order valence-electron chi connectivity index (χ1n) is 2.82. The number of hydrogen-bond donors (Lipinski definition) is 0. The quantitative estimate of drug-likeness (QED) is 0.345. The molecule has 1 fully saturated rings. The highest BCUT2D eigenvalue weighted by molar-refractivity contribution is 7.13. The van der Waals surface area contributed by atoms with Gasteiger partial charge in [0.2, 0.25) is 0 Å². The van der Waals surface area contributed by atoms with Crippen molar-refractivity contribution in [2.45, 2.75) is 18.9 Å². The topological polar surface area (TPSA) is 3.24 Å². The summed E-state index contributed by atoms with van der Waals surface area (Å²) in [7, 11) is 2.65. The molecular formula is C6H10NP. The van der Waals surface area contributed by atoms with Gasteiger partial charge in [0.15, 0.2) is 0 Å². The molecule has 0 radical (unpaired) electrons. The maximum absolute atomic E-state index is 5.22. The van der Waals surface area contributed by atoms with Crippen molar-refractivity contribution in [1.29, 1.82) is 0 Å². The van der Waals surface area contributed by atoms with Crippen molar-refractivity contribution in [3.63, 3.8) is 0 Å². The van der Waals surface area contributed by atoms with Crippen LogP contribution >= 0.6 is 9.39 Å². The molecule has 1 heterocycles. The Morgan fingerprint density at radius 3 is 2.75 bits per heavy atom. The van der Waals surface area contributed by atoms with Crippen LogP contribution in [0.3, 0.4) is 0 Å². The summed E-state index contributed by atoms with van der Waals surface area (Å²) in [6.07, 6.45) is 7.63. The van der Waals surface area contributed by atoms with Crippen molar-refractivity contribution in [3.8, 4) is 12.3 Å². The standard InChI is InChI=1S/C6H10NP/c1-2-6-4-3-5-7(6)8/h1,6H,3-5,8H2. The van der Waals surface area contributed by atoms with Gasteiger partial charge >= 0.3 is 0 Å². The molecule has 2 heteroatoms. The summed E-state index contributed by atoms with van der Waals surface area (Å²) in [4.78, 5) is 0. The van der Waals surface area contributed by atoms with E-state index in [1.807, 2.05) is 0 Å². The molecule has 0 aliphatic carbocycles. The molecular weight excluding hydrogens is 117 g/mol. The summed E-state index contributed by atoms with van der Waals surface area (Å²) in [5.41, 5.74) is 0. The molecule has 1 rings (SSSR count). The lowest BCUT2D eigenvalue weighted by Gasteiger charge is -2.10. The van der Waals surface area contributed by atoms with E-state index in [-0.39, 0.29) is 0 Å². The third-order valence-corrected chi connectivity index (χ3v) is 2.10. The zero-order valence-corrected chi connectivity index (χ0v) is 5.96. The summed E-state index contributed by atoms with van der Waals surface area (Å²) >= 11 is 0. The van der Waals surface area contributed by atoms with Gasteiger partial charge in [-0.3, -0.25) is 4.67 Å². The van der Waals surface area contributed by atoms with Gasteiger partial charge < -0.3 is 0 Å². The Bertz CT molecular complexity index is 116. The van der Waals surface area contributed by atoms with E-state index in [2.05, 4.69) is 20.0 Å². The molecule has 0 aromatic heterocycles. The average molecular weight is 127 g/mol. The second-order valence-electron chi connectivity index (χ2n) is 2.06. The third kappa shape index (κ3) is 1.02. The number of terminal acetylenes is 1. The number of rotatable bonds is 0. The largest absolute Gasteiger partial charge is 0.273 e. The molecule has 0 aromatic rings. The highest BCUT2D eigenvalue weighted by Crippen LogP contribution is 2.19. The fourth-order valence-corrected chi connectivity index (χ4v) is 1.39. The fourth-order valence-electron chi connectivity index (χ4n) is 0.968. The molecule has 8 heavy (non-hydrogen) atoms.